The summed E-state index contributed by atoms with van der Waals surface area (Å²) in [6.07, 6.45) is -0.927. The molecule has 7 heteroatoms. The molecule has 2 heterocycles. The Morgan fingerprint density at radius 2 is 1.50 bits per heavy atom. The second-order valence-electron chi connectivity index (χ2n) is 7.21. The van der Waals surface area contributed by atoms with Gasteiger partial charge in [0.1, 0.15) is 11.7 Å². The molecule has 2 aliphatic heterocycles. The van der Waals surface area contributed by atoms with Crippen LogP contribution in [0, 0.1) is 5.92 Å². The Hall–Kier alpha value is -3.16. The van der Waals surface area contributed by atoms with Crippen molar-refractivity contribution in [3.8, 4) is 5.75 Å². The van der Waals surface area contributed by atoms with Gasteiger partial charge in [0.25, 0.3) is 5.91 Å². The number of amides is 2. The smallest absolute Gasteiger partial charge is 0.266 e. The van der Waals surface area contributed by atoms with Crippen LogP contribution in [0.2, 0.25) is 0 Å². The summed E-state index contributed by atoms with van der Waals surface area (Å²) < 4.78 is 0.660. The lowest BCUT2D eigenvalue weighted by Gasteiger charge is -2.29. The zero-order valence-corrected chi connectivity index (χ0v) is 17.3. The van der Waals surface area contributed by atoms with Gasteiger partial charge >= 0.3 is 0 Å². The molecule has 0 aliphatic carbocycles. The van der Waals surface area contributed by atoms with Crippen LogP contribution in [0.5, 0.6) is 5.75 Å². The molecule has 0 radical (unpaired) electrons. The van der Waals surface area contributed by atoms with Gasteiger partial charge < -0.3 is 5.11 Å². The molecule has 6 nitrogen and oxygen atoms in total. The molecule has 3 aromatic rings. The van der Waals surface area contributed by atoms with Crippen molar-refractivity contribution in [2.45, 2.75) is 12.1 Å². The quantitative estimate of drug-likeness (QED) is 0.588. The number of fused-ring (bicyclic) bond motifs is 1. The van der Waals surface area contributed by atoms with E-state index in [9.17, 15) is 14.7 Å². The van der Waals surface area contributed by atoms with Crippen LogP contribution in [-0.2, 0) is 14.4 Å². The van der Waals surface area contributed by atoms with Crippen molar-refractivity contribution in [1.29, 1.82) is 0 Å². The van der Waals surface area contributed by atoms with Gasteiger partial charge in [-0.1, -0.05) is 42.5 Å². The van der Waals surface area contributed by atoms with Crippen molar-refractivity contribution >= 4 is 39.1 Å². The van der Waals surface area contributed by atoms with Gasteiger partial charge in [-0.2, -0.15) is 0 Å². The summed E-state index contributed by atoms with van der Waals surface area (Å²) in [4.78, 5) is 34.0. The first-order chi connectivity index (χ1) is 14.6. The third-order valence-corrected chi connectivity index (χ3v) is 6.12. The molecule has 150 valence electrons. The molecule has 3 atom stereocenters. The monoisotopic (exact) mass is 464 g/mol. The number of hydrogen-bond acceptors (Lipinski definition) is 5. The highest BCUT2D eigenvalue weighted by molar-refractivity contribution is 9.10. The number of hydroxylamine groups is 1. The molecule has 2 saturated heterocycles. The molecule has 3 aromatic carbocycles. The molecule has 0 saturated carbocycles. The fourth-order valence-electron chi connectivity index (χ4n) is 4.09. The summed E-state index contributed by atoms with van der Waals surface area (Å²) in [7, 11) is 0. The first-order valence-corrected chi connectivity index (χ1v) is 10.3. The molecule has 5 rings (SSSR count). The van der Waals surface area contributed by atoms with Gasteiger partial charge in [0.15, 0.2) is 6.10 Å². The van der Waals surface area contributed by atoms with E-state index in [0.717, 1.165) is 11.3 Å². The summed E-state index contributed by atoms with van der Waals surface area (Å²) in [5.41, 5.74) is 2.03. The second-order valence-corrected chi connectivity index (χ2v) is 8.07. The molecule has 0 aromatic heterocycles. The van der Waals surface area contributed by atoms with E-state index in [4.69, 9.17) is 4.84 Å². The van der Waals surface area contributed by atoms with Crippen LogP contribution in [-0.4, -0.2) is 23.0 Å². The predicted molar refractivity (Wildman–Crippen MR) is 115 cm³/mol. The number of phenols is 1. The van der Waals surface area contributed by atoms with Crippen LogP contribution in [0.1, 0.15) is 11.6 Å². The number of hydrogen-bond donors (Lipinski definition) is 1. The number of carbonyl (C=O) groups is 2. The lowest BCUT2D eigenvalue weighted by Crippen LogP contribution is -2.37. The fraction of sp³-hybridized carbons (Fsp3) is 0.130. The van der Waals surface area contributed by atoms with Crippen molar-refractivity contribution in [1.82, 2.24) is 0 Å². The Morgan fingerprint density at radius 3 is 2.20 bits per heavy atom. The van der Waals surface area contributed by atoms with E-state index in [1.165, 1.54) is 4.90 Å². The largest absolute Gasteiger partial charge is 0.508 e. The predicted octanol–water partition coefficient (Wildman–Crippen LogP) is 4.21. The minimum absolute atomic E-state index is 0.129. The molecule has 2 fully saturated rings. The Kier molecular flexibility index (Phi) is 4.56. The number of carbonyl (C=O) groups excluding carboxylic acids is 2. The van der Waals surface area contributed by atoms with E-state index in [1.54, 1.807) is 47.5 Å². The molecule has 0 spiro atoms. The van der Waals surface area contributed by atoms with Crippen molar-refractivity contribution in [3.05, 3.63) is 88.9 Å². The van der Waals surface area contributed by atoms with E-state index < -0.39 is 18.1 Å². The Labute approximate surface area is 181 Å². The number of phenolic OH excluding ortho intramolecular Hbond substituents is 1. The van der Waals surface area contributed by atoms with Crippen LogP contribution in [0.15, 0.2) is 83.3 Å². The number of nitrogens with zero attached hydrogens (tertiary/aromatic N) is 2. The first kappa shape index (κ1) is 18.8. The number of rotatable bonds is 3. The fourth-order valence-corrected chi connectivity index (χ4v) is 4.56. The summed E-state index contributed by atoms with van der Waals surface area (Å²) in [5, 5.41) is 11.3. The van der Waals surface area contributed by atoms with Crippen LogP contribution in [0.4, 0.5) is 11.4 Å². The SMILES string of the molecule is O=C1[C@H]2[C@@H](c3ccc(O)cc3)N(c3ccccc3)O[C@H]2C(=O)N1c1ccccc1Br. The van der Waals surface area contributed by atoms with Crippen molar-refractivity contribution in [3.63, 3.8) is 0 Å². The van der Waals surface area contributed by atoms with Gasteiger partial charge in [0, 0.05) is 4.47 Å². The number of imide groups is 1. The summed E-state index contributed by atoms with van der Waals surface area (Å²) in [5.74, 6) is -1.29. The van der Waals surface area contributed by atoms with E-state index >= 15 is 0 Å². The van der Waals surface area contributed by atoms with Crippen LogP contribution in [0.25, 0.3) is 0 Å². The topological polar surface area (TPSA) is 70.1 Å². The Bertz CT molecular complexity index is 1120. The standard InChI is InChI=1S/C23H17BrN2O4/c24-17-8-4-5-9-18(17)25-22(28)19-20(14-10-12-16(27)13-11-14)26(30-21(19)23(25)29)15-6-2-1-3-7-15/h1-13,19-21,27H/t19-,20+,21+/m0/s1. The highest BCUT2D eigenvalue weighted by Crippen LogP contribution is 2.48. The van der Waals surface area contributed by atoms with E-state index in [-0.39, 0.29) is 17.6 Å². The summed E-state index contributed by atoms with van der Waals surface area (Å²) >= 11 is 3.43. The Balaban J connectivity index is 1.60. The summed E-state index contributed by atoms with van der Waals surface area (Å²) in [6.45, 7) is 0. The second kappa shape index (κ2) is 7.27. The van der Waals surface area contributed by atoms with Gasteiger partial charge in [0.05, 0.1) is 17.4 Å². The van der Waals surface area contributed by atoms with Gasteiger partial charge in [-0.05, 0) is 57.9 Å². The zero-order chi connectivity index (χ0) is 20.8. The molecule has 0 unspecified atom stereocenters. The van der Waals surface area contributed by atoms with E-state index in [1.807, 2.05) is 36.4 Å². The van der Waals surface area contributed by atoms with E-state index in [2.05, 4.69) is 15.9 Å². The van der Waals surface area contributed by atoms with Crippen molar-refractivity contribution < 1.29 is 19.5 Å². The average molecular weight is 465 g/mol. The third-order valence-electron chi connectivity index (χ3n) is 5.45. The van der Waals surface area contributed by atoms with Gasteiger partial charge in [-0.3, -0.25) is 14.4 Å². The van der Waals surface area contributed by atoms with Gasteiger partial charge in [-0.25, -0.2) is 9.96 Å². The van der Waals surface area contributed by atoms with Crippen LogP contribution < -0.4 is 9.96 Å². The number of aromatic hydroxyl groups is 1. The maximum Gasteiger partial charge on any atom is 0.266 e. The zero-order valence-electron chi connectivity index (χ0n) is 15.7. The van der Waals surface area contributed by atoms with Crippen molar-refractivity contribution in [2.24, 2.45) is 5.92 Å². The lowest BCUT2D eigenvalue weighted by atomic mass is 9.90. The normalized spacial score (nSPS) is 23.2. The number of benzene rings is 3. The van der Waals surface area contributed by atoms with Gasteiger partial charge in [0.2, 0.25) is 5.91 Å². The van der Waals surface area contributed by atoms with Crippen LogP contribution in [0.3, 0.4) is 0 Å². The molecule has 2 amide bonds. The van der Waals surface area contributed by atoms with E-state index in [0.29, 0.717) is 10.2 Å². The number of para-hydroxylation sites is 2. The molecule has 1 N–H and O–H groups in total. The molecular weight excluding hydrogens is 448 g/mol. The molecule has 30 heavy (non-hydrogen) atoms. The van der Waals surface area contributed by atoms with Crippen LogP contribution >= 0.6 is 15.9 Å². The third kappa shape index (κ3) is 2.89. The highest BCUT2D eigenvalue weighted by atomic mass is 79.9. The summed E-state index contributed by atoms with van der Waals surface area (Å²) in [6, 6.07) is 22.6. The van der Waals surface area contributed by atoms with Crippen molar-refractivity contribution in [2.75, 3.05) is 9.96 Å². The molecular formula is C23H17BrN2O4. The number of anilines is 2. The Morgan fingerprint density at radius 1 is 0.833 bits per heavy atom. The maximum atomic E-state index is 13.5. The van der Waals surface area contributed by atoms with Gasteiger partial charge in [-0.15, -0.1) is 0 Å². The maximum absolute atomic E-state index is 13.5. The first-order valence-electron chi connectivity index (χ1n) is 9.48. The molecule has 0 bridgehead atoms. The minimum Gasteiger partial charge on any atom is -0.508 e. The highest BCUT2D eigenvalue weighted by Gasteiger charge is 2.60. The number of halogens is 1. The minimum atomic E-state index is -0.927. The molecule has 2 aliphatic rings. The average Bonchev–Trinajstić information content (AvgIpc) is 3.26. The lowest BCUT2D eigenvalue weighted by molar-refractivity contribution is -0.126.